The zero-order chi connectivity index (χ0) is 26.8. The van der Waals surface area contributed by atoms with Crippen molar-refractivity contribution in [1.29, 1.82) is 0 Å². The molecule has 9 nitrogen and oxygen atoms in total. The third-order valence-corrected chi connectivity index (χ3v) is 6.76. The van der Waals surface area contributed by atoms with E-state index in [2.05, 4.69) is 51.5 Å². The van der Waals surface area contributed by atoms with Crippen LogP contribution in [0.5, 0.6) is 0 Å². The average molecular weight is 524 g/mol. The Balaban J connectivity index is 1.29. The number of hydrogen-bond acceptors (Lipinski definition) is 7. The molecule has 3 aromatic heterocycles. The van der Waals surface area contributed by atoms with Gasteiger partial charge in [0.1, 0.15) is 28.5 Å². The predicted octanol–water partition coefficient (Wildman–Crippen LogP) is 5.07. The zero-order valence-electron chi connectivity index (χ0n) is 21.3. The molecule has 0 bridgehead atoms. The number of amides is 2. The summed E-state index contributed by atoms with van der Waals surface area (Å²) in [5.74, 6) is 0.857. The Morgan fingerprint density at radius 2 is 1.79 bits per heavy atom. The molecule has 2 aromatic carbocycles. The summed E-state index contributed by atoms with van der Waals surface area (Å²) in [7, 11) is 0. The molecule has 196 valence electrons. The minimum Gasteiger partial charge on any atom is -0.352 e. The highest BCUT2D eigenvalue weighted by molar-refractivity contribution is 5.98. The van der Waals surface area contributed by atoms with E-state index in [0.29, 0.717) is 61.0 Å². The van der Waals surface area contributed by atoms with Crippen molar-refractivity contribution in [3.8, 4) is 11.3 Å². The fourth-order valence-corrected chi connectivity index (χ4v) is 4.65. The van der Waals surface area contributed by atoms with Crippen molar-refractivity contribution in [2.24, 2.45) is 0 Å². The van der Waals surface area contributed by atoms with Gasteiger partial charge >= 0.3 is 6.03 Å². The van der Waals surface area contributed by atoms with Gasteiger partial charge in [-0.1, -0.05) is 47.1 Å². The molecular weight excluding hydrogens is 497 g/mol. The number of benzene rings is 2. The second-order valence-electron chi connectivity index (χ2n) is 9.46. The standard InChI is InChI=1S/C29H26FN7O2/c1-19-8-10-20(11-9-19)17-24-33-27(25-26(35-39-28(25)34-24)21-5-4-12-31-18-21)36-13-15-37(16-14-36)29(38)32-23-7-3-2-6-22(23)30/h2-12,18H,13-17H2,1H3,(H,32,38). The lowest BCUT2D eigenvalue weighted by Gasteiger charge is -2.35. The number of hydrogen-bond donors (Lipinski definition) is 1. The van der Waals surface area contributed by atoms with Crippen LogP contribution in [0.1, 0.15) is 17.0 Å². The van der Waals surface area contributed by atoms with Crippen molar-refractivity contribution in [3.05, 3.63) is 95.8 Å². The maximum atomic E-state index is 14.0. The maximum absolute atomic E-state index is 14.0. The minimum absolute atomic E-state index is 0.161. The van der Waals surface area contributed by atoms with Gasteiger partial charge in [-0.3, -0.25) is 4.98 Å². The second kappa shape index (κ2) is 10.5. The molecule has 1 fully saturated rings. The lowest BCUT2D eigenvalue weighted by atomic mass is 10.1. The van der Waals surface area contributed by atoms with Crippen LogP contribution in [0.25, 0.3) is 22.4 Å². The molecule has 0 aliphatic carbocycles. The molecule has 10 heteroatoms. The molecule has 1 saturated heterocycles. The number of anilines is 2. The van der Waals surface area contributed by atoms with Gasteiger partial charge in [0.25, 0.3) is 5.71 Å². The van der Waals surface area contributed by atoms with E-state index in [1.807, 2.05) is 12.1 Å². The number of nitrogens with zero attached hydrogens (tertiary/aromatic N) is 6. The number of nitrogens with one attached hydrogen (secondary N) is 1. The number of fused-ring (bicyclic) bond motifs is 1. The van der Waals surface area contributed by atoms with Crippen LogP contribution in [0.4, 0.5) is 20.7 Å². The van der Waals surface area contributed by atoms with Crippen LogP contribution in [0.2, 0.25) is 0 Å². The van der Waals surface area contributed by atoms with Gasteiger partial charge in [0.05, 0.1) is 5.69 Å². The highest BCUT2D eigenvalue weighted by atomic mass is 19.1. The summed E-state index contributed by atoms with van der Waals surface area (Å²) < 4.78 is 19.7. The largest absolute Gasteiger partial charge is 0.352 e. The number of para-hydroxylation sites is 1. The van der Waals surface area contributed by atoms with E-state index in [4.69, 9.17) is 14.5 Å². The zero-order valence-corrected chi connectivity index (χ0v) is 21.3. The Bertz CT molecular complexity index is 1610. The summed E-state index contributed by atoms with van der Waals surface area (Å²) in [6.45, 7) is 3.98. The van der Waals surface area contributed by atoms with Crippen molar-refractivity contribution in [3.63, 3.8) is 0 Å². The highest BCUT2D eigenvalue weighted by Gasteiger charge is 2.27. The number of halogens is 1. The van der Waals surface area contributed by atoms with Gasteiger partial charge in [0.2, 0.25) is 0 Å². The van der Waals surface area contributed by atoms with Gasteiger partial charge in [0.15, 0.2) is 0 Å². The van der Waals surface area contributed by atoms with E-state index in [0.717, 1.165) is 11.1 Å². The quantitative estimate of drug-likeness (QED) is 0.343. The van der Waals surface area contributed by atoms with Gasteiger partial charge in [-0.05, 0) is 36.8 Å². The molecule has 4 heterocycles. The fraction of sp³-hybridized carbons (Fsp3) is 0.207. The van der Waals surface area contributed by atoms with Crippen LogP contribution < -0.4 is 10.2 Å². The van der Waals surface area contributed by atoms with Crippen LogP contribution in [-0.2, 0) is 6.42 Å². The third kappa shape index (κ3) is 5.13. The number of aromatic nitrogens is 4. The first kappa shape index (κ1) is 24.5. The van der Waals surface area contributed by atoms with Crippen LogP contribution in [-0.4, -0.2) is 57.2 Å². The third-order valence-electron chi connectivity index (χ3n) is 6.76. The van der Waals surface area contributed by atoms with Gasteiger partial charge < -0.3 is 19.6 Å². The molecule has 39 heavy (non-hydrogen) atoms. The van der Waals surface area contributed by atoms with Gasteiger partial charge in [-0.25, -0.2) is 14.2 Å². The number of aryl methyl sites for hydroxylation is 1. The lowest BCUT2D eigenvalue weighted by Crippen LogP contribution is -2.50. The number of carbonyl (C=O) groups is 1. The summed E-state index contributed by atoms with van der Waals surface area (Å²) in [5, 5.41) is 7.70. The molecule has 0 atom stereocenters. The fourth-order valence-electron chi connectivity index (χ4n) is 4.65. The summed E-state index contributed by atoms with van der Waals surface area (Å²) in [6, 6.07) is 17.8. The molecular formula is C29H26FN7O2. The number of carbonyl (C=O) groups excluding carboxylic acids is 1. The topological polar surface area (TPSA) is 100 Å². The first-order valence-electron chi connectivity index (χ1n) is 12.7. The molecule has 5 aromatic rings. The number of urea groups is 1. The van der Waals surface area contributed by atoms with Crippen molar-refractivity contribution in [2.45, 2.75) is 13.3 Å². The van der Waals surface area contributed by atoms with Gasteiger partial charge in [-0.15, -0.1) is 0 Å². The van der Waals surface area contributed by atoms with Crippen LogP contribution >= 0.6 is 0 Å². The van der Waals surface area contributed by atoms with Crippen LogP contribution in [0, 0.1) is 12.7 Å². The molecule has 0 unspecified atom stereocenters. The Morgan fingerprint density at radius 1 is 1.00 bits per heavy atom. The molecule has 0 radical (unpaired) electrons. The van der Waals surface area contributed by atoms with E-state index in [9.17, 15) is 9.18 Å². The molecule has 1 aliphatic rings. The maximum Gasteiger partial charge on any atom is 0.322 e. The smallest absolute Gasteiger partial charge is 0.322 e. The molecule has 2 amide bonds. The van der Waals surface area contributed by atoms with Gasteiger partial charge in [-0.2, -0.15) is 4.98 Å². The SMILES string of the molecule is Cc1ccc(Cc2nc(N3CCN(C(=O)Nc4ccccc4F)CC3)c3c(-c4cccnc4)noc3n2)cc1. The molecule has 1 N–H and O–H groups in total. The minimum atomic E-state index is -0.468. The number of rotatable bonds is 5. The predicted molar refractivity (Wildman–Crippen MR) is 146 cm³/mol. The summed E-state index contributed by atoms with van der Waals surface area (Å²) in [4.78, 5) is 30.5. The number of piperazine rings is 1. The van der Waals surface area contributed by atoms with E-state index in [-0.39, 0.29) is 11.7 Å². The van der Waals surface area contributed by atoms with Crippen molar-refractivity contribution in [1.82, 2.24) is 25.0 Å². The summed E-state index contributed by atoms with van der Waals surface area (Å²) in [6.07, 6.45) is 3.97. The second-order valence-corrected chi connectivity index (χ2v) is 9.46. The average Bonchev–Trinajstić information content (AvgIpc) is 3.40. The Kier molecular flexibility index (Phi) is 6.58. The monoisotopic (exact) mass is 523 g/mol. The van der Waals surface area contributed by atoms with Gasteiger partial charge in [0, 0.05) is 50.6 Å². The molecule has 6 rings (SSSR count). The van der Waals surface area contributed by atoms with E-state index in [1.165, 1.54) is 11.6 Å². The van der Waals surface area contributed by atoms with E-state index < -0.39 is 5.82 Å². The molecule has 0 saturated carbocycles. The summed E-state index contributed by atoms with van der Waals surface area (Å²) >= 11 is 0. The van der Waals surface area contributed by atoms with Crippen molar-refractivity contribution < 1.29 is 13.7 Å². The van der Waals surface area contributed by atoms with E-state index in [1.54, 1.807) is 35.5 Å². The first-order chi connectivity index (χ1) is 19.0. The Hall–Kier alpha value is -4.86. The van der Waals surface area contributed by atoms with Crippen LogP contribution in [0.3, 0.4) is 0 Å². The summed E-state index contributed by atoms with van der Waals surface area (Å²) in [5.41, 5.74) is 4.26. The molecule has 0 spiro atoms. The number of pyridine rings is 1. The first-order valence-corrected chi connectivity index (χ1v) is 12.7. The molecule has 1 aliphatic heterocycles. The normalized spacial score (nSPS) is 13.6. The Labute approximate surface area is 224 Å². The van der Waals surface area contributed by atoms with Crippen molar-refractivity contribution >= 4 is 28.6 Å². The lowest BCUT2D eigenvalue weighted by molar-refractivity contribution is 0.208. The van der Waals surface area contributed by atoms with Crippen LogP contribution in [0.15, 0.2) is 77.6 Å². The highest BCUT2D eigenvalue weighted by Crippen LogP contribution is 2.34. The Morgan fingerprint density at radius 3 is 2.54 bits per heavy atom. The van der Waals surface area contributed by atoms with E-state index >= 15 is 0 Å². The van der Waals surface area contributed by atoms with Crippen molar-refractivity contribution in [2.75, 3.05) is 36.4 Å².